The van der Waals surface area contributed by atoms with E-state index in [1.807, 2.05) is 0 Å². The minimum Gasteiger partial charge on any atom is -0.375 e. The molecule has 1 saturated carbocycles. The second-order valence-corrected chi connectivity index (χ2v) is 7.97. The van der Waals surface area contributed by atoms with Gasteiger partial charge in [0.15, 0.2) is 0 Å². The second kappa shape index (κ2) is 6.36. The first-order valence-electron chi connectivity index (χ1n) is 8.32. The molecule has 2 aliphatic heterocycles. The molecule has 0 amide bonds. The third-order valence-electron chi connectivity index (χ3n) is 5.36. The Bertz CT molecular complexity index is 284. The zero-order valence-electron chi connectivity index (χ0n) is 12.3. The van der Waals surface area contributed by atoms with Gasteiger partial charge in [0.05, 0.1) is 5.60 Å². The highest BCUT2D eigenvalue weighted by atomic mass is 32.2. The zero-order valence-corrected chi connectivity index (χ0v) is 13.1. The maximum atomic E-state index is 6.21. The van der Waals surface area contributed by atoms with Crippen LogP contribution in [0.4, 0.5) is 0 Å². The molecule has 0 aromatic carbocycles. The molecule has 2 saturated heterocycles. The van der Waals surface area contributed by atoms with Crippen molar-refractivity contribution in [3.05, 3.63) is 0 Å². The van der Waals surface area contributed by atoms with Crippen LogP contribution < -0.4 is 5.32 Å². The summed E-state index contributed by atoms with van der Waals surface area (Å²) in [6, 6.07) is 0.735. The molecule has 3 aliphatic rings. The van der Waals surface area contributed by atoms with E-state index in [1.165, 1.54) is 57.1 Å². The largest absolute Gasteiger partial charge is 0.375 e. The lowest BCUT2D eigenvalue weighted by Crippen LogP contribution is -2.49. The topological polar surface area (TPSA) is 21.3 Å². The summed E-state index contributed by atoms with van der Waals surface area (Å²) in [5.74, 6) is 2.23. The Morgan fingerprint density at radius 3 is 2.79 bits per heavy atom. The van der Waals surface area contributed by atoms with E-state index in [4.69, 9.17) is 4.74 Å². The molecule has 110 valence electrons. The highest BCUT2D eigenvalue weighted by Crippen LogP contribution is 2.45. The highest BCUT2D eigenvalue weighted by Gasteiger charge is 2.43. The van der Waals surface area contributed by atoms with E-state index in [-0.39, 0.29) is 5.60 Å². The average Bonchev–Trinajstić information content (AvgIpc) is 3.08. The first-order valence-corrected chi connectivity index (χ1v) is 9.37. The van der Waals surface area contributed by atoms with E-state index in [1.54, 1.807) is 0 Å². The maximum absolute atomic E-state index is 6.21. The molecule has 3 unspecified atom stereocenters. The zero-order chi connectivity index (χ0) is 13.1. The number of ether oxygens (including phenoxy) is 1. The van der Waals surface area contributed by atoms with Crippen LogP contribution in [0.2, 0.25) is 0 Å². The van der Waals surface area contributed by atoms with Crippen LogP contribution in [-0.4, -0.2) is 35.8 Å². The summed E-state index contributed by atoms with van der Waals surface area (Å²) in [6.45, 7) is 4.38. The first kappa shape index (κ1) is 14.2. The standard InChI is InChI=1S/C16H29NOS/c1-2-17-15(14-6-5-11-19-14)13-7-10-18-16(12-13)8-3-4-9-16/h13-15,17H,2-12H2,1H3. The maximum Gasteiger partial charge on any atom is 0.0685 e. The molecular weight excluding hydrogens is 254 g/mol. The van der Waals surface area contributed by atoms with Crippen LogP contribution in [0.1, 0.15) is 58.3 Å². The van der Waals surface area contributed by atoms with E-state index in [2.05, 4.69) is 24.0 Å². The van der Waals surface area contributed by atoms with Crippen molar-refractivity contribution in [2.45, 2.75) is 75.2 Å². The molecule has 0 bridgehead atoms. The quantitative estimate of drug-likeness (QED) is 0.852. The van der Waals surface area contributed by atoms with E-state index in [9.17, 15) is 0 Å². The van der Waals surface area contributed by atoms with E-state index in [0.717, 1.165) is 30.4 Å². The Balaban J connectivity index is 1.66. The molecule has 0 aromatic heterocycles. The third-order valence-corrected chi connectivity index (χ3v) is 6.84. The van der Waals surface area contributed by atoms with Gasteiger partial charge in [0.25, 0.3) is 0 Å². The lowest BCUT2D eigenvalue weighted by molar-refractivity contribution is -0.0978. The SMILES string of the molecule is CCNC(C1CCOC2(CCCC2)C1)C1CCCS1. The summed E-state index contributed by atoms with van der Waals surface area (Å²) >= 11 is 2.21. The summed E-state index contributed by atoms with van der Waals surface area (Å²) in [6.07, 6.45) is 10.9. The Labute approximate surface area is 122 Å². The fourth-order valence-corrected chi connectivity index (χ4v) is 5.96. The molecule has 1 aliphatic carbocycles. The van der Waals surface area contributed by atoms with Crippen molar-refractivity contribution in [3.63, 3.8) is 0 Å². The Morgan fingerprint density at radius 1 is 1.26 bits per heavy atom. The van der Waals surface area contributed by atoms with Crippen molar-refractivity contribution in [3.8, 4) is 0 Å². The van der Waals surface area contributed by atoms with Crippen molar-refractivity contribution in [1.29, 1.82) is 0 Å². The van der Waals surface area contributed by atoms with Gasteiger partial charge in [0.1, 0.15) is 0 Å². The van der Waals surface area contributed by atoms with Crippen molar-refractivity contribution in [1.82, 2.24) is 5.32 Å². The van der Waals surface area contributed by atoms with Gasteiger partial charge in [-0.3, -0.25) is 0 Å². The van der Waals surface area contributed by atoms with E-state index in [0.29, 0.717) is 0 Å². The molecule has 3 fully saturated rings. The van der Waals surface area contributed by atoms with Crippen LogP contribution in [-0.2, 0) is 4.74 Å². The molecule has 3 rings (SSSR count). The fraction of sp³-hybridized carbons (Fsp3) is 1.00. The lowest BCUT2D eigenvalue weighted by Gasteiger charge is -2.43. The van der Waals surface area contributed by atoms with Gasteiger partial charge in [0.2, 0.25) is 0 Å². The second-order valence-electron chi connectivity index (χ2n) is 6.63. The highest BCUT2D eigenvalue weighted by molar-refractivity contribution is 8.00. The van der Waals surface area contributed by atoms with Gasteiger partial charge in [-0.15, -0.1) is 0 Å². The Morgan fingerprint density at radius 2 is 2.11 bits per heavy atom. The molecule has 1 N–H and O–H groups in total. The average molecular weight is 283 g/mol. The van der Waals surface area contributed by atoms with Crippen LogP contribution in [0.5, 0.6) is 0 Å². The van der Waals surface area contributed by atoms with E-state index < -0.39 is 0 Å². The predicted molar refractivity (Wildman–Crippen MR) is 82.8 cm³/mol. The van der Waals surface area contributed by atoms with Crippen molar-refractivity contribution in [2.75, 3.05) is 18.9 Å². The summed E-state index contributed by atoms with van der Waals surface area (Å²) in [5, 5.41) is 4.69. The number of hydrogen-bond acceptors (Lipinski definition) is 3. The van der Waals surface area contributed by atoms with E-state index >= 15 is 0 Å². The summed E-state index contributed by atoms with van der Waals surface area (Å²) in [4.78, 5) is 0. The number of hydrogen-bond donors (Lipinski definition) is 1. The van der Waals surface area contributed by atoms with Gasteiger partial charge in [-0.1, -0.05) is 19.8 Å². The number of nitrogens with one attached hydrogen (secondary N) is 1. The molecule has 0 aromatic rings. The van der Waals surface area contributed by atoms with Gasteiger partial charge in [0, 0.05) is 17.9 Å². The Kier molecular flexibility index (Phi) is 4.76. The molecule has 0 radical (unpaired) electrons. The smallest absolute Gasteiger partial charge is 0.0685 e. The molecule has 2 heterocycles. The third kappa shape index (κ3) is 3.14. The summed E-state index contributed by atoms with van der Waals surface area (Å²) in [7, 11) is 0. The van der Waals surface area contributed by atoms with Gasteiger partial charge in [-0.05, 0) is 56.7 Å². The van der Waals surface area contributed by atoms with Crippen LogP contribution in [0.25, 0.3) is 0 Å². The minimum atomic E-state index is 0.278. The molecule has 2 nitrogen and oxygen atoms in total. The predicted octanol–water partition coefficient (Wildman–Crippen LogP) is 3.60. The van der Waals surface area contributed by atoms with Gasteiger partial charge in [-0.25, -0.2) is 0 Å². The fourth-order valence-electron chi connectivity index (χ4n) is 4.46. The summed E-state index contributed by atoms with van der Waals surface area (Å²) in [5.41, 5.74) is 0.278. The van der Waals surface area contributed by atoms with Gasteiger partial charge >= 0.3 is 0 Å². The molecule has 3 heteroatoms. The van der Waals surface area contributed by atoms with Crippen LogP contribution >= 0.6 is 11.8 Å². The molecule has 1 spiro atoms. The Hall–Kier alpha value is 0.270. The van der Waals surface area contributed by atoms with Crippen molar-refractivity contribution in [2.24, 2.45) is 5.92 Å². The van der Waals surface area contributed by atoms with Gasteiger partial charge in [-0.2, -0.15) is 11.8 Å². The number of thioether (sulfide) groups is 1. The minimum absolute atomic E-state index is 0.278. The lowest BCUT2D eigenvalue weighted by atomic mass is 9.79. The van der Waals surface area contributed by atoms with Crippen LogP contribution in [0.15, 0.2) is 0 Å². The monoisotopic (exact) mass is 283 g/mol. The van der Waals surface area contributed by atoms with Crippen LogP contribution in [0, 0.1) is 5.92 Å². The molecular formula is C16H29NOS. The first-order chi connectivity index (χ1) is 9.33. The van der Waals surface area contributed by atoms with Crippen molar-refractivity contribution >= 4 is 11.8 Å². The molecule has 3 atom stereocenters. The normalized spacial score (nSPS) is 35.8. The number of rotatable bonds is 4. The summed E-state index contributed by atoms with van der Waals surface area (Å²) < 4.78 is 6.21. The molecule has 19 heavy (non-hydrogen) atoms. The van der Waals surface area contributed by atoms with Crippen LogP contribution in [0.3, 0.4) is 0 Å². The van der Waals surface area contributed by atoms with Crippen molar-refractivity contribution < 1.29 is 4.74 Å². The van der Waals surface area contributed by atoms with Gasteiger partial charge < -0.3 is 10.1 Å².